The number of nitrogens with two attached hydrogens (primary N) is 1. The lowest BCUT2D eigenvalue weighted by atomic mass is 10.0. The number of hydrogen-bond acceptors (Lipinski definition) is 4. The molecule has 2 unspecified atom stereocenters. The standard InChI is InChI=1S/C13H28N4O/c1-10(2)9-16-5-7-17(8-6-16)12(4)11(3)13(18)15-14/h10-12H,5-9,14H2,1-4H3,(H,15,18). The highest BCUT2D eigenvalue weighted by Crippen LogP contribution is 2.14. The van der Waals surface area contributed by atoms with Gasteiger partial charge in [0.15, 0.2) is 0 Å². The summed E-state index contributed by atoms with van der Waals surface area (Å²) < 4.78 is 0. The van der Waals surface area contributed by atoms with Crippen LogP contribution in [-0.4, -0.2) is 54.5 Å². The van der Waals surface area contributed by atoms with E-state index in [0.717, 1.165) is 32.1 Å². The van der Waals surface area contributed by atoms with E-state index in [1.807, 2.05) is 6.92 Å². The molecule has 0 radical (unpaired) electrons. The highest BCUT2D eigenvalue weighted by molar-refractivity contribution is 5.78. The Kier molecular flexibility index (Phi) is 6.05. The number of hydrazine groups is 1. The van der Waals surface area contributed by atoms with Crippen LogP contribution < -0.4 is 11.3 Å². The Hall–Kier alpha value is -0.650. The van der Waals surface area contributed by atoms with E-state index >= 15 is 0 Å². The molecule has 18 heavy (non-hydrogen) atoms. The third-order valence-corrected chi connectivity index (χ3v) is 3.89. The van der Waals surface area contributed by atoms with Gasteiger partial charge in [-0.1, -0.05) is 20.8 Å². The minimum absolute atomic E-state index is 0.0633. The Morgan fingerprint density at radius 3 is 2.17 bits per heavy atom. The van der Waals surface area contributed by atoms with Gasteiger partial charge in [-0.3, -0.25) is 15.1 Å². The van der Waals surface area contributed by atoms with Crippen LogP contribution in [0.25, 0.3) is 0 Å². The molecule has 0 aromatic carbocycles. The second kappa shape index (κ2) is 7.07. The third-order valence-electron chi connectivity index (χ3n) is 3.89. The number of nitrogens with zero attached hydrogens (tertiary/aromatic N) is 2. The predicted octanol–water partition coefficient (Wildman–Crippen LogP) is 0.275. The van der Waals surface area contributed by atoms with Crippen LogP contribution in [0.2, 0.25) is 0 Å². The molecule has 1 fully saturated rings. The molecule has 1 saturated heterocycles. The van der Waals surface area contributed by atoms with Crippen LogP contribution >= 0.6 is 0 Å². The monoisotopic (exact) mass is 256 g/mol. The van der Waals surface area contributed by atoms with Gasteiger partial charge in [-0.2, -0.15) is 0 Å². The van der Waals surface area contributed by atoms with Gasteiger partial charge in [0.25, 0.3) is 0 Å². The lowest BCUT2D eigenvalue weighted by Crippen LogP contribution is -2.53. The molecule has 1 heterocycles. The quantitative estimate of drug-likeness (QED) is 0.421. The van der Waals surface area contributed by atoms with E-state index in [1.54, 1.807) is 0 Å². The van der Waals surface area contributed by atoms with Gasteiger partial charge in [0.2, 0.25) is 5.91 Å². The molecule has 3 N–H and O–H groups in total. The number of carbonyl (C=O) groups is 1. The Bertz CT molecular complexity index is 262. The fraction of sp³-hybridized carbons (Fsp3) is 0.923. The van der Waals surface area contributed by atoms with E-state index < -0.39 is 0 Å². The van der Waals surface area contributed by atoms with Gasteiger partial charge in [-0.05, 0) is 12.8 Å². The Morgan fingerprint density at radius 1 is 1.17 bits per heavy atom. The average Bonchev–Trinajstić information content (AvgIpc) is 2.36. The summed E-state index contributed by atoms with van der Waals surface area (Å²) in [4.78, 5) is 16.4. The van der Waals surface area contributed by atoms with Crippen molar-refractivity contribution in [2.75, 3.05) is 32.7 Å². The van der Waals surface area contributed by atoms with Gasteiger partial charge in [0.1, 0.15) is 0 Å². The van der Waals surface area contributed by atoms with Crippen molar-refractivity contribution in [3.05, 3.63) is 0 Å². The molecule has 0 aromatic rings. The molecule has 0 bridgehead atoms. The lowest BCUT2D eigenvalue weighted by Gasteiger charge is -2.40. The molecule has 0 saturated carbocycles. The van der Waals surface area contributed by atoms with Crippen molar-refractivity contribution in [3.8, 4) is 0 Å². The molecule has 1 rings (SSSR count). The number of carbonyl (C=O) groups excluding carboxylic acids is 1. The fourth-order valence-corrected chi connectivity index (χ4v) is 2.54. The van der Waals surface area contributed by atoms with Gasteiger partial charge < -0.3 is 4.90 Å². The summed E-state index contributed by atoms with van der Waals surface area (Å²) in [5.74, 6) is 5.77. The Morgan fingerprint density at radius 2 is 1.72 bits per heavy atom. The van der Waals surface area contributed by atoms with Crippen molar-refractivity contribution in [2.45, 2.75) is 33.7 Å². The summed E-state index contributed by atoms with van der Waals surface area (Å²) in [6.07, 6.45) is 0. The van der Waals surface area contributed by atoms with E-state index in [0.29, 0.717) is 0 Å². The fourth-order valence-electron chi connectivity index (χ4n) is 2.54. The Balaban J connectivity index is 2.40. The highest BCUT2D eigenvalue weighted by atomic mass is 16.2. The van der Waals surface area contributed by atoms with Crippen molar-refractivity contribution < 1.29 is 4.79 Å². The first-order valence-electron chi connectivity index (χ1n) is 6.92. The van der Waals surface area contributed by atoms with Gasteiger partial charge >= 0.3 is 0 Å². The first-order valence-corrected chi connectivity index (χ1v) is 6.92. The number of hydrogen-bond donors (Lipinski definition) is 2. The van der Waals surface area contributed by atoms with Gasteiger partial charge in [-0.15, -0.1) is 0 Å². The summed E-state index contributed by atoms with van der Waals surface area (Å²) in [5.41, 5.74) is 2.24. The van der Waals surface area contributed by atoms with Crippen molar-refractivity contribution in [2.24, 2.45) is 17.7 Å². The van der Waals surface area contributed by atoms with E-state index in [2.05, 4.69) is 36.0 Å². The molecule has 0 aliphatic carbocycles. The average molecular weight is 256 g/mol. The maximum Gasteiger partial charge on any atom is 0.238 e. The third kappa shape index (κ3) is 4.23. The van der Waals surface area contributed by atoms with Crippen LogP contribution in [0.4, 0.5) is 0 Å². The van der Waals surface area contributed by atoms with Crippen molar-refractivity contribution in [1.82, 2.24) is 15.2 Å². The summed E-state index contributed by atoms with van der Waals surface area (Å²) in [6.45, 7) is 14.0. The van der Waals surface area contributed by atoms with Crippen molar-refractivity contribution in [3.63, 3.8) is 0 Å². The maximum absolute atomic E-state index is 11.5. The summed E-state index contributed by atoms with van der Waals surface area (Å²) in [6, 6.07) is 0.245. The van der Waals surface area contributed by atoms with E-state index in [-0.39, 0.29) is 17.9 Å². The van der Waals surface area contributed by atoms with Crippen LogP contribution in [-0.2, 0) is 4.79 Å². The number of piperazine rings is 1. The Labute approximate surface area is 111 Å². The topological polar surface area (TPSA) is 61.6 Å². The second-order valence-electron chi connectivity index (χ2n) is 5.77. The molecular formula is C13H28N4O. The summed E-state index contributed by atoms with van der Waals surface area (Å²) in [7, 11) is 0. The molecule has 0 aromatic heterocycles. The first kappa shape index (κ1) is 15.4. The van der Waals surface area contributed by atoms with Crippen molar-refractivity contribution in [1.29, 1.82) is 0 Å². The van der Waals surface area contributed by atoms with Gasteiger partial charge in [0, 0.05) is 38.8 Å². The number of amides is 1. The zero-order valence-electron chi connectivity index (χ0n) is 12.1. The minimum Gasteiger partial charge on any atom is -0.301 e. The van der Waals surface area contributed by atoms with Crippen LogP contribution in [0.1, 0.15) is 27.7 Å². The summed E-state index contributed by atoms with van der Waals surface area (Å²) >= 11 is 0. The van der Waals surface area contributed by atoms with Crippen LogP contribution in [0.3, 0.4) is 0 Å². The minimum atomic E-state index is -0.0767. The summed E-state index contributed by atoms with van der Waals surface area (Å²) in [5, 5.41) is 0. The molecule has 1 amide bonds. The zero-order chi connectivity index (χ0) is 13.7. The normalized spacial score (nSPS) is 21.9. The lowest BCUT2D eigenvalue weighted by molar-refractivity contribution is -0.126. The van der Waals surface area contributed by atoms with Crippen molar-refractivity contribution >= 4 is 5.91 Å². The predicted molar refractivity (Wildman–Crippen MR) is 73.8 cm³/mol. The smallest absolute Gasteiger partial charge is 0.238 e. The molecular weight excluding hydrogens is 228 g/mol. The molecule has 2 atom stereocenters. The molecule has 0 spiro atoms. The molecule has 1 aliphatic heterocycles. The molecule has 1 aliphatic rings. The van der Waals surface area contributed by atoms with E-state index in [9.17, 15) is 4.79 Å². The molecule has 5 nitrogen and oxygen atoms in total. The number of rotatable bonds is 5. The number of nitrogens with one attached hydrogen (secondary N) is 1. The zero-order valence-corrected chi connectivity index (χ0v) is 12.1. The second-order valence-corrected chi connectivity index (χ2v) is 5.77. The van der Waals surface area contributed by atoms with Gasteiger partial charge in [0.05, 0.1) is 5.92 Å². The van der Waals surface area contributed by atoms with E-state index in [4.69, 9.17) is 5.84 Å². The van der Waals surface area contributed by atoms with Gasteiger partial charge in [-0.25, -0.2) is 5.84 Å². The van der Waals surface area contributed by atoms with Crippen LogP contribution in [0, 0.1) is 11.8 Å². The van der Waals surface area contributed by atoms with E-state index in [1.165, 1.54) is 6.54 Å². The molecule has 5 heteroatoms. The maximum atomic E-state index is 11.5. The van der Waals surface area contributed by atoms with Crippen LogP contribution in [0.5, 0.6) is 0 Å². The SMILES string of the molecule is CC(C)CN1CCN(C(C)C(C)C(=O)NN)CC1. The highest BCUT2D eigenvalue weighted by Gasteiger charge is 2.27. The molecule has 106 valence electrons. The first-order chi connectivity index (χ1) is 8.45. The largest absolute Gasteiger partial charge is 0.301 e. The van der Waals surface area contributed by atoms with Crippen LogP contribution in [0.15, 0.2) is 0 Å².